The molecule has 0 aromatic carbocycles. The lowest BCUT2D eigenvalue weighted by atomic mass is 9.53. The molecule has 5 fully saturated rings. The Morgan fingerprint density at radius 1 is 1.04 bits per heavy atom. The predicted molar refractivity (Wildman–Crippen MR) is 89.3 cm³/mol. The van der Waals surface area contributed by atoms with E-state index >= 15 is 0 Å². The van der Waals surface area contributed by atoms with Crippen molar-refractivity contribution in [3.63, 3.8) is 0 Å². The maximum atomic E-state index is 12.9. The summed E-state index contributed by atoms with van der Waals surface area (Å²) in [7, 11) is 0. The number of rotatable bonds is 2. The number of nitrogens with zero attached hydrogens (tertiary/aromatic N) is 4. The van der Waals surface area contributed by atoms with E-state index in [4.69, 9.17) is 0 Å². The Hall–Kier alpha value is -1.59. The van der Waals surface area contributed by atoms with Crippen LogP contribution >= 0.6 is 0 Å². The third-order valence-electron chi connectivity index (χ3n) is 6.98. The zero-order valence-electron chi connectivity index (χ0n) is 14.2. The van der Waals surface area contributed by atoms with Crippen LogP contribution in [0.3, 0.4) is 0 Å². The van der Waals surface area contributed by atoms with Crippen molar-refractivity contribution in [2.24, 2.45) is 17.8 Å². The van der Waals surface area contributed by atoms with E-state index in [1.165, 1.54) is 38.5 Å². The molecule has 1 aromatic rings. The number of amides is 2. The molecular formula is C18H27N5O. The van der Waals surface area contributed by atoms with Crippen molar-refractivity contribution < 1.29 is 4.79 Å². The zero-order chi connectivity index (χ0) is 16.1. The Labute approximate surface area is 143 Å². The van der Waals surface area contributed by atoms with Gasteiger partial charge in [0.25, 0.3) is 0 Å². The Balaban J connectivity index is 1.21. The number of carbonyl (C=O) groups excluding carboxylic acids is 1. The standard InChI is InChI=1S/C18H27N5O/c24-17(22-4-1-16(2-5-22)23-6-3-19-21-23)20-18-10-13-7-14(11-18)9-15(8-13)12-18/h3,6,13-16H,1-2,4-5,7-12H2,(H,20,24). The van der Waals surface area contributed by atoms with Crippen molar-refractivity contribution in [3.8, 4) is 0 Å². The third-order valence-corrected chi connectivity index (χ3v) is 6.98. The number of urea groups is 1. The summed E-state index contributed by atoms with van der Waals surface area (Å²) in [6, 6.07) is 0.560. The molecule has 0 radical (unpaired) electrons. The Morgan fingerprint density at radius 3 is 2.21 bits per heavy atom. The van der Waals surface area contributed by atoms with Gasteiger partial charge in [-0.1, -0.05) is 5.21 Å². The highest BCUT2D eigenvalue weighted by Crippen LogP contribution is 2.55. The third kappa shape index (κ3) is 2.50. The maximum absolute atomic E-state index is 12.9. The van der Waals surface area contributed by atoms with Crippen LogP contribution in [0, 0.1) is 17.8 Å². The molecule has 6 rings (SSSR count). The Morgan fingerprint density at radius 2 is 1.67 bits per heavy atom. The first kappa shape index (κ1) is 14.7. The maximum Gasteiger partial charge on any atom is 0.317 e. The van der Waals surface area contributed by atoms with Crippen LogP contribution in [-0.4, -0.2) is 44.6 Å². The smallest absolute Gasteiger partial charge is 0.317 e. The largest absolute Gasteiger partial charge is 0.333 e. The zero-order valence-corrected chi connectivity index (χ0v) is 14.2. The van der Waals surface area contributed by atoms with Crippen LogP contribution in [-0.2, 0) is 0 Å². The molecule has 2 heterocycles. The van der Waals surface area contributed by atoms with E-state index in [0.29, 0.717) is 6.04 Å². The minimum absolute atomic E-state index is 0.120. The molecule has 0 spiro atoms. The van der Waals surface area contributed by atoms with Crippen LogP contribution in [0.4, 0.5) is 4.79 Å². The van der Waals surface area contributed by atoms with E-state index in [1.807, 2.05) is 15.8 Å². The second-order valence-electron chi connectivity index (χ2n) is 8.73. The normalized spacial score (nSPS) is 38.5. The second kappa shape index (κ2) is 5.46. The Kier molecular flexibility index (Phi) is 3.35. The van der Waals surface area contributed by atoms with Crippen LogP contribution in [0.25, 0.3) is 0 Å². The Bertz CT molecular complexity index is 570. The molecule has 4 aliphatic carbocycles. The molecule has 6 heteroatoms. The molecule has 24 heavy (non-hydrogen) atoms. The first-order valence-electron chi connectivity index (χ1n) is 9.62. The molecule has 0 atom stereocenters. The van der Waals surface area contributed by atoms with E-state index < -0.39 is 0 Å². The number of likely N-dealkylation sites (tertiary alicyclic amines) is 1. The van der Waals surface area contributed by atoms with Crippen LogP contribution < -0.4 is 5.32 Å². The summed E-state index contributed by atoms with van der Waals surface area (Å²) in [6.07, 6.45) is 13.5. The highest BCUT2D eigenvalue weighted by molar-refractivity contribution is 5.75. The fourth-order valence-electron chi connectivity index (χ4n) is 6.32. The number of nitrogens with one attached hydrogen (secondary N) is 1. The highest BCUT2D eigenvalue weighted by Gasteiger charge is 2.51. The van der Waals surface area contributed by atoms with Crippen molar-refractivity contribution in [3.05, 3.63) is 12.4 Å². The van der Waals surface area contributed by atoms with Crippen LogP contribution in [0.15, 0.2) is 12.4 Å². The van der Waals surface area contributed by atoms with Gasteiger partial charge in [0.05, 0.1) is 12.2 Å². The summed E-state index contributed by atoms with van der Waals surface area (Å²) in [5.41, 5.74) is 0.120. The van der Waals surface area contributed by atoms with Crippen LogP contribution in [0.1, 0.15) is 57.4 Å². The SMILES string of the molecule is O=C(NC12CC3CC(CC(C3)C1)C2)N1CCC(n2ccnn2)CC1. The lowest BCUT2D eigenvalue weighted by Gasteiger charge is -2.57. The van der Waals surface area contributed by atoms with Crippen molar-refractivity contribution in [1.29, 1.82) is 0 Å². The molecule has 130 valence electrons. The van der Waals surface area contributed by atoms with Crippen molar-refractivity contribution >= 4 is 6.03 Å². The molecule has 6 nitrogen and oxygen atoms in total. The molecule has 1 aliphatic heterocycles. The average molecular weight is 329 g/mol. The van der Waals surface area contributed by atoms with E-state index in [9.17, 15) is 4.79 Å². The summed E-state index contributed by atoms with van der Waals surface area (Å²) in [5, 5.41) is 11.5. The van der Waals surface area contributed by atoms with Gasteiger partial charge in [-0.3, -0.25) is 0 Å². The molecule has 4 bridgehead atoms. The number of aromatic nitrogens is 3. The minimum atomic E-state index is 0.120. The molecule has 2 amide bonds. The van der Waals surface area contributed by atoms with Crippen LogP contribution in [0.2, 0.25) is 0 Å². The van der Waals surface area contributed by atoms with Crippen LogP contribution in [0.5, 0.6) is 0 Å². The van der Waals surface area contributed by atoms with Gasteiger partial charge in [0, 0.05) is 24.8 Å². The molecular weight excluding hydrogens is 302 g/mol. The number of hydrogen-bond acceptors (Lipinski definition) is 3. The fraction of sp³-hybridized carbons (Fsp3) is 0.833. The van der Waals surface area contributed by atoms with Gasteiger partial charge in [-0.25, -0.2) is 9.48 Å². The molecule has 1 saturated heterocycles. The topological polar surface area (TPSA) is 63.1 Å². The highest BCUT2D eigenvalue weighted by atomic mass is 16.2. The summed E-state index contributed by atoms with van der Waals surface area (Å²) in [6.45, 7) is 1.64. The fourth-order valence-corrected chi connectivity index (χ4v) is 6.32. The molecule has 0 unspecified atom stereocenters. The molecule has 4 saturated carbocycles. The summed E-state index contributed by atoms with van der Waals surface area (Å²) in [5.74, 6) is 2.61. The minimum Gasteiger partial charge on any atom is -0.333 e. The number of hydrogen-bond donors (Lipinski definition) is 1. The first-order valence-corrected chi connectivity index (χ1v) is 9.62. The van der Waals surface area contributed by atoms with Gasteiger partial charge >= 0.3 is 6.03 Å². The van der Waals surface area contributed by atoms with Gasteiger partial charge in [0.2, 0.25) is 0 Å². The summed E-state index contributed by atoms with van der Waals surface area (Å²) in [4.78, 5) is 14.9. The monoisotopic (exact) mass is 329 g/mol. The average Bonchev–Trinajstić information content (AvgIpc) is 3.07. The van der Waals surface area contributed by atoms with Gasteiger partial charge in [0.15, 0.2) is 0 Å². The van der Waals surface area contributed by atoms with E-state index in [1.54, 1.807) is 6.20 Å². The summed E-state index contributed by atoms with van der Waals surface area (Å²) >= 11 is 0. The molecule has 1 N–H and O–H groups in total. The van der Waals surface area contributed by atoms with E-state index in [2.05, 4.69) is 15.6 Å². The van der Waals surface area contributed by atoms with Crippen molar-refractivity contribution in [1.82, 2.24) is 25.2 Å². The first-order chi connectivity index (χ1) is 11.7. The number of carbonyl (C=O) groups is 1. The van der Waals surface area contributed by atoms with Gasteiger partial charge in [0.1, 0.15) is 0 Å². The second-order valence-corrected chi connectivity index (χ2v) is 8.73. The number of piperidine rings is 1. The van der Waals surface area contributed by atoms with E-state index in [0.717, 1.165) is 43.7 Å². The quantitative estimate of drug-likeness (QED) is 0.907. The predicted octanol–water partition coefficient (Wildman–Crippen LogP) is 2.59. The lowest BCUT2D eigenvalue weighted by molar-refractivity contribution is -0.0161. The van der Waals surface area contributed by atoms with Crippen molar-refractivity contribution in [2.75, 3.05) is 13.1 Å². The van der Waals surface area contributed by atoms with Gasteiger partial charge in [-0.15, -0.1) is 5.10 Å². The molecule has 5 aliphatic rings. The summed E-state index contributed by atoms with van der Waals surface area (Å²) < 4.78 is 1.94. The van der Waals surface area contributed by atoms with Gasteiger partial charge < -0.3 is 10.2 Å². The van der Waals surface area contributed by atoms with Gasteiger partial charge in [-0.2, -0.15) is 0 Å². The van der Waals surface area contributed by atoms with E-state index in [-0.39, 0.29) is 11.6 Å². The molecule has 1 aromatic heterocycles. The van der Waals surface area contributed by atoms with Crippen molar-refractivity contribution in [2.45, 2.75) is 62.9 Å². The van der Waals surface area contributed by atoms with Gasteiger partial charge in [-0.05, 0) is 69.1 Å². The lowest BCUT2D eigenvalue weighted by Crippen LogP contribution is -2.62.